The van der Waals surface area contributed by atoms with E-state index >= 15 is 0 Å². The fraction of sp³-hybridized carbons (Fsp3) is 0.500. The summed E-state index contributed by atoms with van der Waals surface area (Å²) in [5.74, 6) is 0.880. The molecule has 1 unspecified atom stereocenters. The number of para-hydroxylation sites is 1. The van der Waals surface area contributed by atoms with E-state index < -0.39 is 0 Å². The van der Waals surface area contributed by atoms with Crippen LogP contribution in [0.1, 0.15) is 69.0 Å². The molecule has 0 aliphatic rings. The Morgan fingerprint density at radius 1 is 1.00 bits per heavy atom. The largest absolute Gasteiger partial charge is 0.508 e. The first-order valence-electron chi connectivity index (χ1n) is 8.84. The SMILES string of the molecule is CCCCCCC(CCCc1ccncn1)c1ccccc1O. The van der Waals surface area contributed by atoms with Crippen molar-refractivity contribution in [3.05, 3.63) is 54.1 Å². The highest BCUT2D eigenvalue weighted by Crippen LogP contribution is 2.33. The lowest BCUT2D eigenvalue weighted by Gasteiger charge is -2.18. The first-order valence-corrected chi connectivity index (χ1v) is 8.84. The van der Waals surface area contributed by atoms with Gasteiger partial charge in [0, 0.05) is 11.9 Å². The van der Waals surface area contributed by atoms with Crippen LogP contribution in [0.5, 0.6) is 5.75 Å². The first-order chi connectivity index (χ1) is 11.3. The summed E-state index contributed by atoms with van der Waals surface area (Å²) in [5, 5.41) is 10.2. The molecule has 1 N–H and O–H groups in total. The van der Waals surface area contributed by atoms with Gasteiger partial charge in [0.1, 0.15) is 12.1 Å². The molecule has 2 rings (SSSR count). The molecule has 0 saturated carbocycles. The van der Waals surface area contributed by atoms with Crippen LogP contribution in [0.3, 0.4) is 0 Å². The zero-order chi connectivity index (χ0) is 16.3. The van der Waals surface area contributed by atoms with Gasteiger partial charge in [-0.3, -0.25) is 0 Å². The van der Waals surface area contributed by atoms with Crippen molar-refractivity contribution in [3.63, 3.8) is 0 Å². The molecular formula is C20H28N2O. The number of phenols is 1. The minimum atomic E-state index is 0.440. The molecular weight excluding hydrogens is 284 g/mol. The summed E-state index contributed by atoms with van der Waals surface area (Å²) in [7, 11) is 0. The molecule has 3 nitrogen and oxygen atoms in total. The van der Waals surface area contributed by atoms with Gasteiger partial charge in [0.2, 0.25) is 0 Å². The van der Waals surface area contributed by atoms with E-state index in [0.29, 0.717) is 11.7 Å². The second kappa shape index (κ2) is 9.98. The number of hydrogen-bond acceptors (Lipinski definition) is 3. The minimum Gasteiger partial charge on any atom is -0.508 e. The number of aromatic nitrogens is 2. The van der Waals surface area contributed by atoms with Crippen LogP contribution in [0.25, 0.3) is 0 Å². The highest BCUT2D eigenvalue weighted by molar-refractivity contribution is 5.34. The van der Waals surface area contributed by atoms with Crippen molar-refractivity contribution in [1.29, 1.82) is 0 Å². The molecule has 124 valence electrons. The van der Waals surface area contributed by atoms with Crippen LogP contribution in [0.2, 0.25) is 0 Å². The number of hydrogen-bond donors (Lipinski definition) is 1. The van der Waals surface area contributed by atoms with Gasteiger partial charge in [-0.25, -0.2) is 9.97 Å². The molecule has 1 atom stereocenters. The van der Waals surface area contributed by atoms with E-state index in [-0.39, 0.29) is 0 Å². The Morgan fingerprint density at radius 3 is 2.57 bits per heavy atom. The highest BCUT2D eigenvalue weighted by atomic mass is 16.3. The number of benzene rings is 1. The average Bonchev–Trinajstić information content (AvgIpc) is 2.59. The lowest BCUT2D eigenvalue weighted by atomic mass is 9.88. The normalized spacial score (nSPS) is 12.2. The maximum absolute atomic E-state index is 10.2. The minimum absolute atomic E-state index is 0.440. The molecule has 3 heteroatoms. The Hall–Kier alpha value is -1.90. The maximum Gasteiger partial charge on any atom is 0.119 e. The van der Waals surface area contributed by atoms with Crippen molar-refractivity contribution in [2.75, 3.05) is 0 Å². The Kier molecular flexibility index (Phi) is 7.58. The van der Waals surface area contributed by atoms with E-state index in [9.17, 15) is 5.11 Å². The highest BCUT2D eigenvalue weighted by Gasteiger charge is 2.14. The third-order valence-corrected chi connectivity index (χ3v) is 4.41. The second-order valence-electron chi connectivity index (χ2n) is 6.20. The molecule has 0 saturated heterocycles. The monoisotopic (exact) mass is 312 g/mol. The molecule has 0 aliphatic heterocycles. The average molecular weight is 312 g/mol. The van der Waals surface area contributed by atoms with Gasteiger partial charge in [0.25, 0.3) is 0 Å². The van der Waals surface area contributed by atoms with Crippen molar-refractivity contribution in [1.82, 2.24) is 9.97 Å². The third-order valence-electron chi connectivity index (χ3n) is 4.41. The predicted molar refractivity (Wildman–Crippen MR) is 94.6 cm³/mol. The number of unbranched alkanes of at least 4 members (excludes halogenated alkanes) is 3. The zero-order valence-electron chi connectivity index (χ0n) is 14.1. The molecule has 0 radical (unpaired) electrons. The Bertz CT molecular complexity index is 557. The molecule has 0 fully saturated rings. The Labute approximate surface area is 139 Å². The number of aromatic hydroxyl groups is 1. The number of rotatable bonds is 10. The fourth-order valence-electron chi connectivity index (χ4n) is 3.10. The quantitative estimate of drug-likeness (QED) is 0.609. The van der Waals surface area contributed by atoms with Crippen LogP contribution in [-0.4, -0.2) is 15.1 Å². The van der Waals surface area contributed by atoms with Crippen molar-refractivity contribution in [2.24, 2.45) is 0 Å². The molecule has 1 aromatic heterocycles. The molecule has 1 aromatic carbocycles. The first kappa shape index (κ1) is 17.5. The number of nitrogens with zero attached hydrogens (tertiary/aromatic N) is 2. The molecule has 0 amide bonds. The van der Waals surface area contributed by atoms with Crippen LogP contribution in [0.4, 0.5) is 0 Å². The summed E-state index contributed by atoms with van der Waals surface area (Å²) >= 11 is 0. The summed E-state index contributed by atoms with van der Waals surface area (Å²) in [5.41, 5.74) is 2.20. The summed E-state index contributed by atoms with van der Waals surface area (Å²) in [4.78, 5) is 8.25. The van der Waals surface area contributed by atoms with E-state index in [1.165, 1.54) is 25.7 Å². The molecule has 0 aliphatic carbocycles. The number of aryl methyl sites for hydroxylation is 1. The van der Waals surface area contributed by atoms with Gasteiger partial charge < -0.3 is 5.11 Å². The predicted octanol–water partition coefficient (Wildman–Crippen LogP) is 5.26. The topological polar surface area (TPSA) is 46.0 Å². The van der Waals surface area contributed by atoms with Gasteiger partial charge in [-0.15, -0.1) is 0 Å². The molecule has 0 bridgehead atoms. The van der Waals surface area contributed by atoms with Crippen LogP contribution in [0.15, 0.2) is 42.9 Å². The van der Waals surface area contributed by atoms with Gasteiger partial charge in [-0.1, -0.05) is 50.8 Å². The molecule has 2 aromatic rings. The summed E-state index contributed by atoms with van der Waals surface area (Å²) in [6, 6.07) is 9.78. The van der Waals surface area contributed by atoms with Gasteiger partial charge in [0.05, 0.1) is 0 Å². The van der Waals surface area contributed by atoms with E-state index in [1.54, 1.807) is 18.6 Å². The van der Waals surface area contributed by atoms with Crippen LogP contribution >= 0.6 is 0 Å². The van der Waals surface area contributed by atoms with E-state index in [0.717, 1.165) is 36.9 Å². The molecule has 1 heterocycles. The van der Waals surface area contributed by atoms with Gasteiger partial charge in [-0.2, -0.15) is 0 Å². The van der Waals surface area contributed by atoms with E-state index in [2.05, 4.69) is 23.0 Å². The zero-order valence-corrected chi connectivity index (χ0v) is 14.1. The second-order valence-corrected chi connectivity index (χ2v) is 6.20. The van der Waals surface area contributed by atoms with Crippen LogP contribution in [0, 0.1) is 0 Å². The summed E-state index contributed by atoms with van der Waals surface area (Å²) in [6.07, 6.45) is 12.8. The van der Waals surface area contributed by atoms with E-state index in [1.807, 2.05) is 18.2 Å². The summed E-state index contributed by atoms with van der Waals surface area (Å²) < 4.78 is 0. The standard InChI is InChI=1S/C20H28N2O/c1-2-3-4-5-9-17(19-12-6-7-13-20(19)23)10-8-11-18-14-15-21-16-22-18/h6-7,12-17,23H,2-5,8-11H2,1H3. The van der Waals surface area contributed by atoms with Crippen LogP contribution in [-0.2, 0) is 6.42 Å². The Morgan fingerprint density at radius 2 is 1.83 bits per heavy atom. The maximum atomic E-state index is 10.2. The van der Waals surface area contributed by atoms with Crippen molar-refractivity contribution in [2.45, 2.75) is 64.2 Å². The van der Waals surface area contributed by atoms with Crippen molar-refractivity contribution >= 4 is 0 Å². The molecule has 0 spiro atoms. The fourth-order valence-corrected chi connectivity index (χ4v) is 3.10. The lowest BCUT2D eigenvalue weighted by Crippen LogP contribution is -2.02. The Balaban J connectivity index is 1.91. The van der Waals surface area contributed by atoms with Crippen LogP contribution < -0.4 is 0 Å². The van der Waals surface area contributed by atoms with Gasteiger partial charge in [0.15, 0.2) is 0 Å². The van der Waals surface area contributed by atoms with Gasteiger partial charge in [-0.05, 0) is 49.3 Å². The lowest BCUT2D eigenvalue weighted by molar-refractivity contribution is 0.443. The number of phenolic OH excluding ortho intramolecular Hbond substituents is 1. The molecule has 23 heavy (non-hydrogen) atoms. The van der Waals surface area contributed by atoms with Crippen molar-refractivity contribution in [3.8, 4) is 5.75 Å². The van der Waals surface area contributed by atoms with Gasteiger partial charge >= 0.3 is 0 Å². The summed E-state index contributed by atoms with van der Waals surface area (Å²) in [6.45, 7) is 2.24. The third kappa shape index (κ3) is 6.01. The van der Waals surface area contributed by atoms with E-state index in [4.69, 9.17) is 0 Å². The van der Waals surface area contributed by atoms with Crippen molar-refractivity contribution < 1.29 is 5.11 Å². The smallest absolute Gasteiger partial charge is 0.119 e.